The molecule has 0 unspecified atom stereocenters. The number of piperidine rings is 1. The van der Waals surface area contributed by atoms with Crippen molar-refractivity contribution in [1.82, 2.24) is 9.88 Å². The van der Waals surface area contributed by atoms with E-state index >= 15 is 0 Å². The predicted octanol–water partition coefficient (Wildman–Crippen LogP) is 4.78. The Morgan fingerprint density at radius 1 is 1.00 bits per heavy atom. The van der Waals surface area contributed by atoms with Crippen LogP contribution in [-0.4, -0.2) is 34.7 Å². The number of carbonyl (C=O) groups is 2. The molecule has 25 heavy (non-hydrogen) atoms. The molecule has 3 rings (SSSR count). The highest BCUT2D eigenvalue weighted by Crippen LogP contribution is 2.32. The number of benzene rings is 1. The minimum atomic E-state index is -0.297. The van der Waals surface area contributed by atoms with Crippen LogP contribution in [0.5, 0.6) is 0 Å². The van der Waals surface area contributed by atoms with Crippen molar-refractivity contribution in [1.29, 1.82) is 0 Å². The number of ketones is 1. The molecule has 0 aliphatic carbocycles. The fourth-order valence-electron chi connectivity index (χ4n) is 2.93. The Labute approximate surface area is 160 Å². The molecule has 1 saturated heterocycles. The molecular weight excluding hydrogens is 383 g/mol. The van der Waals surface area contributed by atoms with Crippen LogP contribution in [0.15, 0.2) is 36.5 Å². The quantitative estimate of drug-likeness (QED) is 0.701. The molecule has 4 nitrogen and oxygen atoms in total. The highest BCUT2D eigenvalue weighted by molar-refractivity contribution is 6.48. The lowest BCUT2D eigenvalue weighted by molar-refractivity contribution is 0.0646. The van der Waals surface area contributed by atoms with Gasteiger partial charge in [0.1, 0.15) is 5.69 Å². The second-order valence-electron chi connectivity index (χ2n) is 5.88. The largest absolute Gasteiger partial charge is 0.337 e. The summed E-state index contributed by atoms with van der Waals surface area (Å²) < 4.78 is 0. The van der Waals surface area contributed by atoms with Crippen LogP contribution < -0.4 is 0 Å². The predicted molar refractivity (Wildman–Crippen MR) is 98.7 cm³/mol. The van der Waals surface area contributed by atoms with Gasteiger partial charge in [-0.25, -0.2) is 4.98 Å². The number of aromatic nitrogens is 1. The Bertz CT molecular complexity index is 803. The SMILES string of the molecule is O=C(c1ccccc1)C1CCN(C(=O)c2ncc(Cl)c(Cl)c2Cl)CC1. The van der Waals surface area contributed by atoms with Gasteiger partial charge in [0.05, 0.1) is 15.1 Å². The van der Waals surface area contributed by atoms with E-state index in [4.69, 9.17) is 34.8 Å². The smallest absolute Gasteiger partial charge is 0.274 e. The lowest BCUT2D eigenvalue weighted by Gasteiger charge is -2.31. The molecule has 1 aliphatic rings. The maximum absolute atomic E-state index is 12.6. The lowest BCUT2D eigenvalue weighted by Crippen LogP contribution is -2.40. The molecule has 1 aliphatic heterocycles. The average Bonchev–Trinajstić information content (AvgIpc) is 2.66. The standard InChI is InChI=1S/C18H15Cl3N2O2/c19-13-10-22-16(15(21)14(13)20)18(25)23-8-6-12(7-9-23)17(24)11-4-2-1-3-5-11/h1-5,10,12H,6-9H2. The zero-order valence-electron chi connectivity index (χ0n) is 13.2. The lowest BCUT2D eigenvalue weighted by atomic mass is 9.89. The normalized spacial score (nSPS) is 15.2. The number of likely N-dealkylation sites (tertiary alicyclic amines) is 1. The first-order chi connectivity index (χ1) is 12.0. The number of rotatable bonds is 3. The number of amides is 1. The van der Waals surface area contributed by atoms with Gasteiger partial charge in [-0.2, -0.15) is 0 Å². The summed E-state index contributed by atoms with van der Waals surface area (Å²) in [6.45, 7) is 0.945. The molecule has 1 amide bonds. The van der Waals surface area contributed by atoms with E-state index in [1.165, 1.54) is 6.20 Å². The van der Waals surface area contributed by atoms with E-state index in [2.05, 4.69) is 4.98 Å². The number of carbonyl (C=O) groups excluding carboxylic acids is 2. The van der Waals surface area contributed by atoms with Gasteiger partial charge in [-0.15, -0.1) is 0 Å². The van der Waals surface area contributed by atoms with Crippen molar-refractivity contribution >= 4 is 46.5 Å². The molecule has 2 heterocycles. The van der Waals surface area contributed by atoms with Crippen LogP contribution in [0.4, 0.5) is 0 Å². The van der Waals surface area contributed by atoms with Crippen molar-refractivity contribution < 1.29 is 9.59 Å². The topological polar surface area (TPSA) is 50.3 Å². The fraction of sp³-hybridized carbons (Fsp3) is 0.278. The van der Waals surface area contributed by atoms with Gasteiger partial charge in [0, 0.05) is 30.8 Å². The first-order valence-electron chi connectivity index (χ1n) is 7.87. The second kappa shape index (κ2) is 7.73. The minimum absolute atomic E-state index is 0.0571. The Hall–Kier alpha value is -1.62. The third kappa shape index (κ3) is 3.81. The van der Waals surface area contributed by atoms with Crippen molar-refractivity contribution in [3.8, 4) is 0 Å². The molecular formula is C18H15Cl3N2O2. The van der Waals surface area contributed by atoms with Gasteiger partial charge in [-0.3, -0.25) is 9.59 Å². The van der Waals surface area contributed by atoms with Gasteiger partial charge < -0.3 is 4.90 Å². The summed E-state index contributed by atoms with van der Waals surface area (Å²) in [7, 11) is 0. The van der Waals surface area contributed by atoms with Crippen LogP contribution in [0.1, 0.15) is 33.7 Å². The van der Waals surface area contributed by atoms with Gasteiger partial charge in [-0.05, 0) is 12.8 Å². The van der Waals surface area contributed by atoms with Gasteiger partial charge >= 0.3 is 0 Å². The number of hydrogen-bond acceptors (Lipinski definition) is 3. The molecule has 7 heteroatoms. The molecule has 2 aromatic rings. The molecule has 0 spiro atoms. The van der Waals surface area contributed by atoms with Gasteiger partial charge in [0.25, 0.3) is 5.91 Å². The number of Topliss-reactive ketones (excluding diaryl/α,β-unsaturated/α-hetero) is 1. The molecule has 130 valence electrons. The summed E-state index contributed by atoms with van der Waals surface area (Å²) in [6.07, 6.45) is 2.53. The van der Waals surface area contributed by atoms with E-state index < -0.39 is 0 Å². The Balaban J connectivity index is 1.67. The first-order valence-corrected chi connectivity index (χ1v) is 9.00. The molecule has 1 aromatic heterocycles. The van der Waals surface area contributed by atoms with Crippen LogP contribution in [0, 0.1) is 5.92 Å². The maximum atomic E-state index is 12.6. The fourth-order valence-corrected chi connectivity index (χ4v) is 3.49. The summed E-state index contributed by atoms with van der Waals surface area (Å²) in [5, 5.41) is 0.382. The number of pyridine rings is 1. The monoisotopic (exact) mass is 396 g/mol. The molecule has 0 saturated carbocycles. The molecule has 1 fully saturated rings. The highest BCUT2D eigenvalue weighted by atomic mass is 35.5. The highest BCUT2D eigenvalue weighted by Gasteiger charge is 2.30. The second-order valence-corrected chi connectivity index (χ2v) is 7.04. The van der Waals surface area contributed by atoms with E-state index in [1.807, 2.05) is 30.3 Å². The van der Waals surface area contributed by atoms with Crippen molar-refractivity contribution in [2.45, 2.75) is 12.8 Å². The van der Waals surface area contributed by atoms with Gasteiger partial charge in [0.2, 0.25) is 0 Å². The van der Waals surface area contributed by atoms with E-state index in [9.17, 15) is 9.59 Å². The zero-order chi connectivity index (χ0) is 18.0. The molecule has 0 atom stereocenters. The Morgan fingerprint density at radius 2 is 1.64 bits per heavy atom. The summed E-state index contributed by atoms with van der Waals surface area (Å²) in [4.78, 5) is 30.8. The van der Waals surface area contributed by atoms with Crippen molar-refractivity contribution in [2.75, 3.05) is 13.1 Å². The minimum Gasteiger partial charge on any atom is -0.337 e. The van der Waals surface area contributed by atoms with Crippen LogP contribution in [0.25, 0.3) is 0 Å². The van der Waals surface area contributed by atoms with Crippen LogP contribution in [0.2, 0.25) is 15.1 Å². The molecule has 1 aromatic carbocycles. The molecule has 0 bridgehead atoms. The third-order valence-corrected chi connectivity index (χ3v) is 5.57. The zero-order valence-corrected chi connectivity index (χ0v) is 15.5. The van der Waals surface area contributed by atoms with E-state index in [1.54, 1.807) is 4.90 Å². The van der Waals surface area contributed by atoms with E-state index in [0.29, 0.717) is 31.5 Å². The Morgan fingerprint density at radius 3 is 2.28 bits per heavy atom. The summed E-state index contributed by atoms with van der Waals surface area (Å²) >= 11 is 17.9. The number of nitrogens with zero attached hydrogens (tertiary/aromatic N) is 2. The molecule has 0 N–H and O–H groups in total. The number of halogens is 3. The number of hydrogen-bond donors (Lipinski definition) is 0. The first kappa shape index (κ1) is 18.2. The van der Waals surface area contributed by atoms with Gasteiger partial charge in [0.15, 0.2) is 5.78 Å². The van der Waals surface area contributed by atoms with Gasteiger partial charge in [-0.1, -0.05) is 65.1 Å². The molecule has 0 radical (unpaired) electrons. The average molecular weight is 398 g/mol. The summed E-state index contributed by atoms with van der Waals surface area (Å²) in [6, 6.07) is 9.22. The Kier molecular flexibility index (Phi) is 5.62. The van der Waals surface area contributed by atoms with E-state index in [-0.39, 0.29) is 38.4 Å². The van der Waals surface area contributed by atoms with Crippen molar-refractivity contribution in [3.05, 3.63) is 62.9 Å². The van der Waals surface area contributed by atoms with Crippen LogP contribution in [-0.2, 0) is 0 Å². The summed E-state index contributed by atoms with van der Waals surface area (Å²) in [5.41, 5.74) is 0.797. The summed E-state index contributed by atoms with van der Waals surface area (Å²) in [5.74, 6) is -0.253. The maximum Gasteiger partial charge on any atom is 0.274 e. The van der Waals surface area contributed by atoms with Crippen LogP contribution in [0.3, 0.4) is 0 Å². The van der Waals surface area contributed by atoms with Crippen LogP contribution >= 0.6 is 34.8 Å². The van der Waals surface area contributed by atoms with Crippen molar-refractivity contribution in [2.24, 2.45) is 5.92 Å². The van der Waals surface area contributed by atoms with Crippen molar-refractivity contribution in [3.63, 3.8) is 0 Å². The third-order valence-electron chi connectivity index (χ3n) is 4.33. The van der Waals surface area contributed by atoms with E-state index in [0.717, 1.165) is 0 Å².